The van der Waals surface area contributed by atoms with E-state index in [1.807, 2.05) is 4.90 Å². The molecule has 1 heterocycles. The van der Waals surface area contributed by atoms with Gasteiger partial charge in [0, 0.05) is 13.1 Å². The summed E-state index contributed by atoms with van der Waals surface area (Å²) in [5, 5.41) is 11.1. The summed E-state index contributed by atoms with van der Waals surface area (Å²) in [6.07, 6.45) is 6.50. The molecule has 0 aliphatic carbocycles. The molecule has 0 aromatic rings. The molecule has 1 fully saturated rings. The molecule has 1 saturated heterocycles. The van der Waals surface area contributed by atoms with Crippen molar-refractivity contribution in [3.8, 4) is 0 Å². The number of nitrogens with zero attached hydrogens (tertiary/aromatic N) is 1. The van der Waals surface area contributed by atoms with Crippen molar-refractivity contribution >= 4 is 30.0 Å². The fourth-order valence-corrected chi connectivity index (χ4v) is 3.21. The SMILES string of the molecule is O=CNC(CCSCC(=O)N1CCCCCCC1)C(=O)O. The van der Waals surface area contributed by atoms with Crippen LogP contribution < -0.4 is 5.32 Å². The number of nitrogens with one attached hydrogen (secondary N) is 1. The first kappa shape index (κ1) is 17.8. The Bertz CT molecular complexity index is 344. The van der Waals surface area contributed by atoms with E-state index < -0.39 is 12.0 Å². The molecule has 1 rings (SSSR count). The predicted molar refractivity (Wildman–Crippen MR) is 82.2 cm³/mol. The van der Waals surface area contributed by atoms with Crippen molar-refractivity contribution in [1.82, 2.24) is 10.2 Å². The fraction of sp³-hybridized carbons (Fsp3) is 0.786. The van der Waals surface area contributed by atoms with Gasteiger partial charge in [-0.25, -0.2) is 4.79 Å². The zero-order valence-corrected chi connectivity index (χ0v) is 13.1. The van der Waals surface area contributed by atoms with E-state index >= 15 is 0 Å². The minimum atomic E-state index is -1.04. The van der Waals surface area contributed by atoms with Gasteiger partial charge in [0.25, 0.3) is 0 Å². The highest BCUT2D eigenvalue weighted by Gasteiger charge is 2.17. The second kappa shape index (κ2) is 10.5. The molecule has 1 aliphatic rings. The summed E-state index contributed by atoms with van der Waals surface area (Å²) in [5.41, 5.74) is 0. The monoisotopic (exact) mass is 316 g/mol. The molecule has 0 saturated carbocycles. The maximum absolute atomic E-state index is 12.1. The summed E-state index contributed by atoms with van der Waals surface area (Å²) in [6.45, 7) is 1.67. The predicted octanol–water partition coefficient (Wildman–Crippen LogP) is 1.10. The van der Waals surface area contributed by atoms with E-state index in [-0.39, 0.29) is 5.91 Å². The lowest BCUT2D eigenvalue weighted by molar-refractivity contribution is -0.140. The van der Waals surface area contributed by atoms with E-state index in [1.165, 1.54) is 31.0 Å². The normalized spacial score (nSPS) is 17.4. The maximum Gasteiger partial charge on any atom is 0.326 e. The molecule has 0 radical (unpaired) electrons. The van der Waals surface area contributed by atoms with Crippen LogP contribution >= 0.6 is 11.8 Å². The van der Waals surface area contributed by atoms with Crippen LogP contribution in [0.3, 0.4) is 0 Å². The molecule has 7 heteroatoms. The lowest BCUT2D eigenvalue weighted by Crippen LogP contribution is -2.37. The van der Waals surface area contributed by atoms with Gasteiger partial charge in [0.1, 0.15) is 6.04 Å². The molecule has 0 bridgehead atoms. The first-order valence-electron chi connectivity index (χ1n) is 7.43. The van der Waals surface area contributed by atoms with Crippen LogP contribution in [0.25, 0.3) is 0 Å². The van der Waals surface area contributed by atoms with E-state index in [0.717, 1.165) is 25.9 Å². The van der Waals surface area contributed by atoms with Gasteiger partial charge in [-0.15, -0.1) is 0 Å². The highest BCUT2D eigenvalue weighted by Crippen LogP contribution is 2.13. The van der Waals surface area contributed by atoms with Crippen LogP contribution in [-0.2, 0) is 14.4 Å². The minimum Gasteiger partial charge on any atom is -0.480 e. The number of hydrogen-bond acceptors (Lipinski definition) is 4. The van der Waals surface area contributed by atoms with Crippen molar-refractivity contribution < 1.29 is 19.5 Å². The second-order valence-electron chi connectivity index (χ2n) is 5.17. The summed E-state index contributed by atoms with van der Waals surface area (Å²) in [4.78, 5) is 35.1. The number of carboxylic acid groups (broad SMARTS) is 1. The van der Waals surface area contributed by atoms with Crippen molar-refractivity contribution in [3.63, 3.8) is 0 Å². The van der Waals surface area contributed by atoms with Gasteiger partial charge in [0.05, 0.1) is 5.75 Å². The lowest BCUT2D eigenvalue weighted by Gasteiger charge is -2.24. The zero-order valence-electron chi connectivity index (χ0n) is 12.3. The number of hydrogen-bond donors (Lipinski definition) is 2. The van der Waals surface area contributed by atoms with Gasteiger partial charge in [-0.3, -0.25) is 9.59 Å². The Labute approximate surface area is 129 Å². The number of carboxylic acids is 1. The smallest absolute Gasteiger partial charge is 0.326 e. The van der Waals surface area contributed by atoms with Crippen molar-refractivity contribution in [1.29, 1.82) is 0 Å². The van der Waals surface area contributed by atoms with Crippen molar-refractivity contribution in [2.45, 2.75) is 44.6 Å². The Balaban J connectivity index is 2.22. The largest absolute Gasteiger partial charge is 0.480 e. The number of likely N-dealkylation sites (tertiary alicyclic amines) is 1. The van der Waals surface area contributed by atoms with Crippen LogP contribution in [0.2, 0.25) is 0 Å². The molecule has 0 spiro atoms. The van der Waals surface area contributed by atoms with Gasteiger partial charge in [0.15, 0.2) is 0 Å². The number of amides is 2. The number of carbonyl (C=O) groups excluding carboxylic acids is 2. The molecule has 120 valence electrons. The molecule has 1 unspecified atom stereocenters. The first-order chi connectivity index (χ1) is 10.1. The van der Waals surface area contributed by atoms with E-state index in [2.05, 4.69) is 5.32 Å². The number of rotatable bonds is 8. The molecule has 1 aliphatic heterocycles. The van der Waals surface area contributed by atoms with Gasteiger partial charge in [-0.2, -0.15) is 11.8 Å². The van der Waals surface area contributed by atoms with Gasteiger partial charge < -0.3 is 15.3 Å². The fourth-order valence-electron chi connectivity index (χ4n) is 2.31. The topological polar surface area (TPSA) is 86.7 Å². The van der Waals surface area contributed by atoms with E-state index in [1.54, 1.807) is 0 Å². The third-order valence-corrected chi connectivity index (χ3v) is 4.53. The molecule has 0 aromatic carbocycles. The Morgan fingerprint density at radius 1 is 1.19 bits per heavy atom. The molecule has 0 aromatic heterocycles. The summed E-state index contributed by atoms with van der Waals surface area (Å²) in [5.74, 6) is 0.0140. The Morgan fingerprint density at radius 2 is 1.81 bits per heavy atom. The molecular weight excluding hydrogens is 292 g/mol. The molecule has 6 nitrogen and oxygen atoms in total. The molecule has 21 heavy (non-hydrogen) atoms. The maximum atomic E-state index is 12.1. The van der Waals surface area contributed by atoms with E-state index in [0.29, 0.717) is 24.3 Å². The van der Waals surface area contributed by atoms with Crippen molar-refractivity contribution in [2.75, 3.05) is 24.6 Å². The second-order valence-corrected chi connectivity index (χ2v) is 6.27. The van der Waals surface area contributed by atoms with Gasteiger partial charge in [-0.1, -0.05) is 19.3 Å². The molecule has 2 N–H and O–H groups in total. The van der Waals surface area contributed by atoms with E-state index in [9.17, 15) is 14.4 Å². The molecule has 2 amide bonds. The molecule has 1 atom stereocenters. The van der Waals surface area contributed by atoms with Crippen molar-refractivity contribution in [3.05, 3.63) is 0 Å². The number of aliphatic carboxylic acids is 1. The summed E-state index contributed by atoms with van der Waals surface area (Å²) >= 11 is 1.43. The number of thioether (sulfide) groups is 1. The third-order valence-electron chi connectivity index (χ3n) is 3.55. The van der Waals surface area contributed by atoms with Crippen LogP contribution in [0.4, 0.5) is 0 Å². The van der Waals surface area contributed by atoms with Gasteiger partial charge in [0.2, 0.25) is 12.3 Å². The lowest BCUT2D eigenvalue weighted by atomic mass is 10.1. The summed E-state index contributed by atoms with van der Waals surface area (Å²) < 4.78 is 0. The highest BCUT2D eigenvalue weighted by molar-refractivity contribution is 7.99. The summed E-state index contributed by atoms with van der Waals surface area (Å²) in [7, 11) is 0. The minimum absolute atomic E-state index is 0.136. The number of carbonyl (C=O) groups is 3. The molecular formula is C14H24N2O4S. The van der Waals surface area contributed by atoms with Crippen molar-refractivity contribution in [2.24, 2.45) is 0 Å². The van der Waals surface area contributed by atoms with Gasteiger partial charge >= 0.3 is 5.97 Å². The standard InChI is InChI=1S/C14H24N2O4S/c17-11-15-12(14(19)20)6-9-21-10-13(18)16-7-4-2-1-3-5-8-16/h11-12H,1-10H2,(H,15,17)(H,19,20). The zero-order chi connectivity index (χ0) is 15.5. The Morgan fingerprint density at radius 3 is 2.38 bits per heavy atom. The quantitative estimate of drug-likeness (QED) is 0.517. The highest BCUT2D eigenvalue weighted by atomic mass is 32.2. The van der Waals surface area contributed by atoms with E-state index in [4.69, 9.17) is 5.11 Å². The Kier molecular flexibility index (Phi) is 8.89. The third kappa shape index (κ3) is 7.36. The average Bonchev–Trinajstić information content (AvgIpc) is 2.41. The van der Waals surface area contributed by atoms with Crippen LogP contribution in [0.5, 0.6) is 0 Å². The van der Waals surface area contributed by atoms with Crippen LogP contribution in [0, 0.1) is 0 Å². The average molecular weight is 316 g/mol. The van der Waals surface area contributed by atoms with Crippen LogP contribution in [0.15, 0.2) is 0 Å². The van der Waals surface area contributed by atoms with Crippen LogP contribution in [-0.4, -0.2) is 58.9 Å². The van der Waals surface area contributed by atoms with Gasteiger partial charge in [-0.05, 0) is 25.0 Å². The Hall–Kier alpha value is -1.24. The van der Waals surface area contributed by atoms with Crippen LogP contribution in [0.1, 0.15) is 38.5 Å². The summed E-state index contributed by atoms with van der Waals surface area (Å²) in [6, 6.07) is -0.869. The first-order valence-corrected chi connectivity index (χ1v) is 8.58.